The number of amides is 2. The predicted octanol–water partition coefficient (Wildman–Crippen LogP) is -0.0589. The molecule has 0 aliphatic carbocycles. The van der Waals surface area contributed by atoms with Crippen LogP contribution in [0.25, 0.3) is 0 Å². The molecule has 0 spiro atoms. The number of benzene rings is 1. The van der Waals surface area contributed by atoms with E-state index in [1.54, 1.807) is 17.0 Å². The zero-order valence-corrected chi connectivity index (χ0v) is 18.7. The lowest BCUT2D eigenvalue weighted by Crippen LogP contribution is -2.55. The van der Waals surface area contributed by atoms with Crippen LogP contribution in [0.5, 0.6) is 0 Å². The Morgan fingerprint density at radius 3 is 2.03 bits per heavy atom. The number of hydrogen-bond acceptors (Lipinski definition) is 5. The van der Waals surface area contributed by atoms with Crippen molar-refractivity contribution in [3.63, 3.8) is 0 Å². The second kappa shape index (κ2) is 9.60. The molecule has 2 aliphatic rings. The third-order valence-corrected chi connectivity index (χ3v) is 8.78. The Morgan fingerprint density at radius 1 is 0.867 bits per heavy atom. The molecule has 10 nitrogen and oxygen atoms in total. The molecule has 2 saturated heterocycles. The Balaban J connectivity index is 1.40. The van der Waals surface area contributed by atoms with E-state index in [9.17, 15) is 21.6 Å². The Labute approximate surface area is 178 Å². The minimum atomic E-state index is -3.62. The van der Waals surface area contributed by atoms with E-state index in [0.717, 1.165) is 18.4 Å². The van der Waals surface area contributed by atoms with Gasteiger partial charge in [-0.05, 0) is 31.9 Å². The van der Waals surface area contributed by atoms with E-state index in [0.29, 0.717) is 26.2 Å². The highest BCUT2D eigenvalue weighted by Gasteiger charge is 2.34. The van der Waals surface area contributed by atoms with Crippen molar-refractivity contribution < 1.29 is 21.6 Å². The summed E-state index contributed by atoms with van der Waals surface area (Å²) in [5.74, 6) is 0. The number of rotatable bonds is 7. The number of aryl methyl sites for hydroxylation is 1. The summed E-state index contributed by atoms with van der Waals surface area (Å²) >= 11 is 0. The molecule has 2 heterocycles. The third-order valence-electron chi connectivity index (χ3n) is 5.27. The normalized spacial score (nSPS) is 19.2. The third kappa shape index (κ3) is 5.49. The first-order valence-electron chi connectivity index (χ1n) is 10.0. The quantitative estimate of drug-likeness (QED) is 0.554. The van der Waals surface area contributed by atoms with Crippen LogP contribution in [0.3, 0.4) is 0 Å². The maximum absolute atomic E-state index is 12.6. The van der Waals surface area contributed by atoms with Crippen LogP contribution in [-0.2, 0) is 20.2 Å². The molecule has 30 heavy (non-hydrogen) atoms. The summed E-state index contributed by atoms with van der Waals surface area (Å²) < 4.78 is 55.0. The Kier molecular flexibility index (Phi) is 7.34. The van der Waals surface area contributed by atoms with Gasteiger partial charge in [-0.15, -0.1) is 0 Å². The molecule has 0 radical (unpaired) electrons. The molecule has 1 aromatic carbocycles. The summed E-state index contributed by atoms with van der Waals surface area (Å²) in [6, 6.07) is 6.18. The van der Waals surface area contributed by atoms with E-state index in [2.05, 4.69) is 10.0 Å². The Hall–Kier alpha value is -1.73. The summed E-state index contributed by atoms with van der Waals surface area (Å²) in [7, 11) is -7.07. The van der Waals surface area contributed by atoms with E-state index >= 15 is 0 Å². The largest absolute Gasteiger partial charge is 0.337 e. The zero-order chi connectivity index (χ0) is 21.8. The SMILES string of the molecule is Cc1ccc(S(=O)(=O)NCCNC(=O)N2CCN(S(=O)(=O)N3CCCC3)CC2)cc1. The van der Waals surface area contributed by atoms with Crippen LogP contribution in [0.1, 0.15) is 18.4 Å². The minimum Gasteiger partial charge on any atom is -0.337 e. The molecule has 0 bridgehead atoms. The van der Waals surface area contributed by atoms with E-state index < -0.39 is 20.2 Å². The first-order valence-corrected chi connectivity index (χ1v) is 12.9. The number of piperazine rings is 1. The minimum absolute atomic E-state index is 0.0608. The highest BCUT2D eigenvalue weighted by Crippen LogP contribution is 2.18. The van der Waals surface area contributed by atoms with Gasteiger partial charge in [-0.3, -0.25) is 0 Å². The smallest absolute Gasteiger partial charge is 0.317 e. The van der Waals surface area contributed by atoms with Crippen molar-refractivity contribution in [2.75, 3.05) is 52.4 Å². The molecule has 12 heteroatoms. The summed E-state index contributed by atoms with van der Waals surface area (Å²) in [5, 5.41) is 2.68. The van der Waals surface area contributed by atoms with Crippen LogP contribution in [0.2, 0.25) is 0 Å². The van der Waals surface area contributed by atoms with Gasteiger partial charge in [-0.2, -0.15) is 17.0 Å². The van der Waals surface area contributed by atoms with Gasteiger partial charge in [0, 0.05) is 52.4 Å². The second-order valence-corrected chi connectivity index (χ2v) is 11.1. The van der Waals surface area contributed by atoms with Crippen molar-refractivity contribution in [3.8, 4) is 0 Å². The molecule has 2 amide bonds. The molecule has 2 N–H and O–H groups in total. The molecule has 2 aliphatic heterocycles. The van der Waals surface area contributed by atoms with Gasteiger partial charge in [0.05, 0.1) is 4.90 Å². The number of carbonyl (C=O) groups excluding carboxylic acids is 1. The molecular formula is C18H29N5O5S2. The average molecular weight is 460 g/mol. The number of nitrogens with one attached hydrogen (secondary N) is 2. The van der Waals surface area contributed by atoms with E-state index in [-0.39, 0.29) is 37.1 Å². The van der Waals surface area contributed by atoms with E-state index in [1.807, 2.05) is 6.92 Å². The van der Waals surface area contributed by atoms with Crippen molar-refractivity contribution >= 4 is 26.3 Å². The average Bonchev–Trinajstić information content (AvgIpc) is 3.27. The Bertz CT molecular complexity index is 936. The molecule has 2 fully saturated rings. The fourth-order valence-electron chi connectivity index (χ4n) is 3.47. The molecule has 168 valence electrons. The summed E-state index contributed by atoms with van der Waals surface area (Å²) in [4.78, 5) is 14.0. The van der Waals surface area contributed by atoms with Gasteiger partial charge >= 0.3 is 6.03 Å². The topological polar surface area (TPSA) is 119 Å². The molecule has 0 unspecified atom stereocenters. The fourth-order valence-corrected chi connectivity index (χ4v) is 6.17. The monoisotopic (exact) mass is 459 g/mol. The molecule has 1 aromatic rings. The first-order chi connectivity index (χ1) is 14.2. The lowest BCUT2D eigenvalue weighted by molar-refractivity contribution is 0.170. The van der Waals surface area contributed by atoms with Crippen molar-refractivity contribution in [1.82, 2.24) is 23.5 Å². The second-order valence-electron chi connectivity index (χ2n) is 7.44. The summed E-state index contributed by atoms with van der Waals surface area (Å²) in [6.45, 7) is 4.30. The highest BCUT2D eigenvalue weighted by atomic mass is 32.2. The predicted molar refractivity (Wildman–Crippen MR) is 113 cm³/mol. The fraction of sp³-hybridized carbons (Fsp3) is 0.611. The highest BCUT2D eigenvalue weighted by molar-refractivity contribution is 7.89. The van der Waals surface area contributed by atoms with Crippen molar-refractivity contribution in [3.05, 3.63) is 29.8 Å². The van der Waals surface area contributed by atoms with Gasteiger partial charge in [0.2, 0.25) is 10.0 Å². The molecular weight excluding hydrogens is 430 g/mol. The number of urea groups is 1. The van der Waals surface area contributed by atoms with Crippen molar-refractivity contribution in [2.24, 2.45) is 0 Å². The molecule has 0 saturated carbocycles. The van der Waals surface area contributed by atoms with Crippen LogP contribution in [0, 0.1) is 6.92 Å². The van der Waals surface area contributed by atoms with Crippen LogP contribution in [0.4, 0.5) is 4.79 Å². The van der Waals surface area contributed by atoms with Crippen LogP contribution >= 0.6 is 0 Å². The number of carbonyl (C=O) groups is 1. The maximum atomic E-state index is 12.6. The van der Waals surface area contributed by atoms with E-state index in [4.69, 9.17) is 0 Å². The standard InChI is InChI=1S/C18H29N5O5S2/c1-16-4-6-17(7-5-16)29(25,26)20-9-8-19-18(24)21-12-14-23(15-13-21)30(27,28)22-10-2-3-11-22/h4-7,20H,2-3,8-15H2,1H3,(H,19,24). The summed E-state index contributed by atoms with van der Waals surface area (Å²) in [5.41, 5.74) is 0.967. The van der Waals surface area contributed by atoms with Gasteiger partial charge in [0.25, 0.3) is 10.2 Å². The van der Waals surface area contributed by atoms with Crippen molar-refractivity contribution in [1.29, 1.82) is 0 Å². The van der Waals surface area contributed by atoms with Crippen molar-refractivity contribution in [2.45, 2.75) is 24.7 Å². The number of hydrogen-bond donors (Lipinski definition) is 2. The van der Waals surface area contributed by atoms with Crippen LogP contribution in [-0.4, -0.2) is 88.7 Å². The molecule has 0 aromatic heterocycles. The van der Waals surface area contributed by atoms with Gasteiger partial charge in [0.15, 0.2) is 0 Å². The van der Waals surface area contributed by atoms with Crippen LogP contribution in [0.15, 0.2) is 29.2 Å². The summed E-state index contributed by atoms with van der Waals surface area (Å²) in [6.07, 6.45) is 1.77. The zero-order valence-electron chi connectivity index (χ0n) is 17.1. The lowest BCUT2D eigenvalue weighted by Gasteiger charge is -2.35. The van der Waals surface area contributed by atoms with Gasteiger partial charge in [-0.1, -0.05) is 17.7 Å². The Morgan fingerprint density at radius 2 is 1.43 bits per heavy atom. The van der Waals surface area contributed by atoms with Gasteiger partial charge < -0.3 is 10.2 Å². The van der Waals surface area contributed by atoms with E-state index in [1.165, 1.54) is 20.7 Å². The van der Waals surface area contributed by atoms with Crippen LogP contribution < -0.4 is 10.0 Å². The van der Waals surface area contributed by atoms with Gasteiger partial charge in [0.1, 0.15) is 0 Å². The molecule has 3 rings (SSSR count). The number of sulfonamides is 1. The van der Waals surface area contributed by atoms with Gasteiger partial charge in [-0.25, -0.2) is 17.9 Å². The molecule has 0 atom stereocenters. The number of nitrogens with zero attached hydrogens (tertiary/aromatic N) is 3. The lowest BCUT2D eigenvalue weighted by atomic mass is 10.2. The first kappa shape index (κ1) is 22.9. The maximum Gasteiger partial charge on any atom is 0.317 e.